The van der Waals surface area contributed by atoms with E-state index in [2.05, 4.69) is 11.9 Å². The monoisotopic (exact) mass is 329 g/mol. The van der Waals surface area contributed by atoms with Gasteiger partial charge in [0.15, 0.2) is 0 Å². The lowest BCUT2D eigenvalue weighted by atomic mass is 10.3. The maximum atomic E-state index is 5.71. The molecule has 5 heteroatoms. The van der Waals surface area contributed by atoms with Crippen LogP contribution < -0.4 is 14.8 Å². The lowest BCUT2D eigenvalue weighted by molar-refractivity contribution is 0.207. The number of nitrogens with one attached hydrogen (secondary N) is 1. The molecule has 2 rings (SSSR count). The summed E-state index contributed by atoms with van der Waals surface area (Å²) in [6.07, 6.45) is 1.71. The first-order valence-corrected chi connectivity index (χ1v) is 7.66. The van der Waals surface area contributed by atoms with Crippen molar-refractivity contribution in [3.8, 4) is 17.2 Å². The van der Waals surface area contributed by atoms with Crippen molar-refractivity contribution in [2.24, 2.45) is 0 Å². The van der Waals surface area contributed by atoms with Gasteiger partial charge in [0.1, 0.15) is 30.5 Å². The zero-order valence-corrected chi connectivity index (χ0v) is 13.6. The molecule has 0 fully saturated rings. The van der Waals surface area contributed by atoms with Crippen molar-refractivity contribution in [2.45, 2.75) is 0 Å². The Morgan fingerprint density at radius 1 is 0.957 bits per heavy atom. The van der Waals surface area contributed by atoms with Crippen LogP contribution in [0.5, 0.6) is 17.2 Å². The van der Waals surface area contributed by atoms with Crippen LogP contribution in [0.15, 0.2) is 67.3 Å². The Bertz CT molecular complexity index is 614. The molecule has 2 aromatic carbocycles. The quantitative estimate of drug-likeness (QED) is 0.451. The van der Waals surface area contributed by atoms with E-state index in [0.29, 0.717) is 24.9 Å². The second-order valence-corrected chi connectivity index (χ2v) is 4.91. The summed E-state index contributed by atoms with van der Waals surface area (Å²) in [5.41, 5.74) is 0. The molecule has 0 aromatic heterocycles. The zero-order chi connectivity index (χ0) is 16.3. The molecule has 0 saturated heterocycles. The molecule has 2 aromatic rings. The van der Waals surface area contributed by atoms with Gasteiger partial charge < -0.3 is 19.5 Å². The van der Waals surface area contributed by atoms with Crippen LogP contribution in [0.2, 0.25) is 0 Å². The third-order valence-electron chi connectivity index (χ3n) is 2.78. The van der Waals surface area contributed by atoms with Crippen LogP contribution in [0.4, 0.5) is 0 Å². The lowest BCUT2D eigenvalue weighted by Gasteiger charge is -2.10. The van der Waals surface area contributed by atoms with Gasteiger partial charge >= 0.3 is 0 Å². The zero-order valence-electron chi connectivity index (χ0n) is 12.7. The van der Waals surface area contributed by atoms with Crippen LogP contribution in [0.1, 0.15) is 0 Å². The van der Waals surface area contributed by atoms with E-state index in [1.54, 1.807) is 6.08 Å². The molecular formula is C18H19NO3S. The standard InChI is InChI=1S/C18H19NO3S/c1-2-12-19-18(23)21-14-13-20-15-8-10-17(11-9-15)22-16-6-4-3-5-7-16/h2-11H,1,12-14H2,(H,19,23). The van der Waals surface area contributed by atoms with E-state index in [-0.39, 0.29) is 0 Å². The Morgan fingerprint density at radius 3 is 2.30 bits per heavy atom. The summed E-state index contributed by atoms with van der Waals surface area (Å²) >= 11 is 4.98. The highest BCUT2D eigenvalue weighted by Gasteiger charge is 1.99. The Hall–Kier alpha value is -2.53. The maximum absolute atomic E-state index is 5.71. The van der Waals surface area contributed by atoms with E-state index in [9.17, 15) is 0 Å². The number of thiocarbonyl (C=S) groups is 1. The molecule has 0 amide bonds. The van der Waals surface area contributed by atoms with Crippen LogP contribution in [-0.2, 0) is 4.74 Å². The predicted molar refractivity (Wildman–Crippen MR) is 95.2 cm³/mol. The second kappa shape index (κ2) is 9.48. The largest absolute Gasteiger partial charge is 0.490 e. The fraction of sp³-hybridized carbons (Fsp3) is 0.167. The minimum Gasteiger partial charge on any atom is -0.490 e. The number of benzene rings is 2. The summed E-state index contributed by atoms with van der Waals surface area (Å²) in [6.45, 7) is 4.97. The van der Waals surface area contributed by atoms with Crippen molar-refractivity contribution in [3.05, 3.63) is 67.3 Å². The SMILES string of the molecule is C=CCNC(=S)OCCOc1ccc(Oc2ccccc2)cc1. The number of hydrogen-bond acceptors (Lipinski definition) is 4. The second-order valence-electron chi connectivity index (χ2n) is 4.54. The fourth-order valence-electron chi connectivity index (χ4n) is 1.73. The van der Waals surface area contributed by atoms with Crippen LogP contribution >= 0.6 is 12.2 Å². The van der Waals surface area contributed by atoms with Crippen LogP contribution in [0, 0.1) is 0 Å². The minimum absolute atomic E-state index is 0.347. The van der Waals surface area contributed by atoms with Gasteiger partial charge in [-0.2, -0.15) is 0 Å². The van der Waals surface area contributed by atoms with Crippen LogP contribution in [-0.4, -0.2) is 24.9 Å². The third-order valence-corrected chi connectivity index (χ3v) is 3.04. The van der Waals surface area contributed by atoms with Gasteiger partial charge in [0.05, 0.1) is 0 Å². The van der Waals surface area contributed by atoms with Crippen molar-refractivity contribution in [1.82, 2.24) is 5.32 Å². The van der Waals surface area contributed by atoms with Gasteiger partial charge in [-0.3, -0.25) is 0 Å². The Kier molecular flexibility index (Phi) is 6.94. The van der Waals surface area contributed by atoms with Crippen LogP contribution in [0.3, 0.4) is 0 Å². The molecule has 0 aliphatic heterocycles. The van der Waals surface area contributed by atoms with Crippen molar-refractivity contribution < 1.29 is 14.2 Å². The van der Waals surface area contributed by atoms with Gasteiger partial charge in [-0.15, -0.1) is 6.58 Å². The predicted octanol–water partition coefficient (Wildman–Crippen LogP) is 3.93. The molecule has 0 atom stereocenters. The number of rotatable bonds is 8. The van der Waals surface area contributed by atoms with Crippen molar-refractivity contribution >= 4 is 17.4 Å². The van der Waals surface area contributed by atoms with Gasteiger partial charge in [0.2, 0.25) is 0 Å². The van der Waals surface area contributed by atoms with E-state index >= 15 is 0 Å². The van der Waals surface area contributed by atoms with E-state index < -0.39 is 0 Å². The molecule has 0 heterocycles. The Morgan fingerprint density at radius 2 is 1.61 bits per heavy atom. The van der Waals surface area contributed by atoms with E-state index in [1.807, 2.05) is 54.6 Å². The van der Waals surface area contributed by atoms with E-state index in [1.165, 1.54) is 0 Å². The van der Waals surface area contributed by atoms with Gasteiger partial charge in [-0.1, -0.05) is 24.3 Å². The molecule has 0 saturated carbocycles. The minimum atomic E-state index is 0.347. The average molecular weight is 329 g/mol. The van der Waals surface area contributed by atoms with E-state index in [0.717, 1.165) is 17.2 Å². The molecule has 0 aliphatic carbocycles. The van der Waals surface area contributed by atoms with Gasteiger partial charge in [-0.05, 0) is 48.6 Å². The topological polar surface area (TPSA) is 39.7 Å². The lowest BCUT2D eigenvalue weighted by Crippen LogP contribution is -2.25. The first-order chi connectivity index (χ1) is 11.3. The fourth-order valence-corrected chi connectivity index (χ4v) is 1.90. The Balaban J connectivity index is 1.71. The summed E-state index contributed by atoms with van der Waals surface area (Å²) in [7, 11) is 0. The normalized spacial score (nSPS) is 9.74. The third kappa shape index (κ3) is 6.40. The summed E-state index contributed by atoms with van der Waals surface area (Å²) < 4.78 is 16.6. The molecule has 23 heavy (non-hydrogen) atoms. The molecule has 0 radical (unpaired) electrons. The van der Waals surface area contributed by atoms with Crippen molar-refractivity contribution in [1.29, 1.82) is 0 Å². The van der Waals surface area contributed by atoms with Crippen molar-refractivity contribution in [2.75, 3.05) is 19.8 Å². The molecule has 120 valence electrons. The number of ether oxygens (including phenoxy) is 3. The summed E-state index contributed by atoms with van der Waals surface area (Å²) in [5.74, 6) is 2.31. The number of para-hydroxylation sites is 1. The molecule has 4 nitrogen and oxygen atoms in total. The Labute approximate surface area is 141 Å². The summed E-state index contributed by atoms with van der Waals surface area (Å²) in [6, 6.07) is 17.1. The first kappa shape index (κ1) is 16.8. The van der Waals surface area contributed by atoms with Gasteiger partial charge in [-0.25, -0.2) is 0 Å². The maximum Gasteiger partial charge on any atom is 0.256 e. The molecular weight excluding hydrogens is 310 g/mol. The van der Waals surface area contributed by atoms with E-state index in [4.69, 9.17) is 26.4 Å². The molecule has 0 unspecified atom stereocenters. The highest BCUT2D eigenvalue weighted by atomic mass is 32.1. The molecule has 0 aliphatic rings. The summed E-state index contributed by atoms with van der Waals surface area (Å²) in [4.78, 5) is 0. The highest BCUT2D eigenvalue weighted by molar-refractivity contribution is 7.80. The molecule has 1 N–H and O–H groups in total. The first-order valence-electron chi connectivity index (χ1n) is 7.25. The van der Waals surface area contributed by atoms with Crippen molar-refractivity contribution in [3.63, 3.8) is 0 Å². The van der Waals surface area contributed by atoms with Gasteiger partial charge in [0, 0.05) is 6.54 Å². The molecule has 0 spiro atoms. The highest BCUT2D eigenvalue weighted by Crippen LogP contribution is 2.23. The molecule has 0 bridgehead atoms. The average Bonchev–Trinajstić information content (AvgIpc) is 2.59. The smallest absolute Gasteiger partial charge is 0.256 e. The summed E-state index contributed by atoms with van der Waals surface area (Å²) in [5, 5.41) is 3.23. The number of hydrogen-bond donors (Lipinski definition) is 1. The van der Waals surface area contributed by atoms with Crippen LogP contribution in [0.25, 0.3) is 0 Å². The van der Waals surface area contributed by atoms with Gasteiger partial charge in [0.25, 0.3) is 5.17 Å².